The molecule has 4 amide bonds. The zero-order valence-electron chi connectivity index (χ0n) is 26.9. The zero-order valence-corrected chi connectivity index (χ0v) is 26.9. The Labute approximate surface area is 280 Å². The minimum atomic E-state index is -0.517. The van der Waals surface area contributed by atoms with Crippen molar-refractivity contribution < 1.29 is 19.2 Å². The maximum absolute atomic E-state index is 13.0. The van der Waals surface area contributed by atoms with E-state index in [2.05, 4.69) is 32.4 Å². The number of hydrogen-bond acceptors (Lipinski definition) is 6. The number of carbonyl (C=O) groups is 4. The summed E-state index contributed by atoms with van der Waals surface area (Å²) in [7, 11) is 0. The van der Waals surface area contributed by atoms with E-state index < -0.39 is 6.04 Å². The molecule has 0 unspecified atom stereocenters. The summed E-state index contributed by atoms with van der Waals surface area (Å²) in [6, 6.07) is 25.3. The Balaban J connectivity index is 1.10. The molecule has 0 radical (unpaired) electrons. The van der Waals surface area contributed by atoms with Crippen molar-refractivity contribution in [3.63, 3.8) is 0 Å². The smallest absolute Gasteiger partial charge is 0.247 e. The first-order valence-corrected chi connectivity index (χ1v) is 16.1. The molecule has 3 heterocycles. The molecule has 4 aromatic rings. The molecule has 0 bridgehead atoms. The molecule has 1 atom stereocenters. The van der Waals surface area contributed by atoms with Gasteiger partial charge in [0.25, 0.3) is 0 Å². The van der Waals surface area contributed by atoms with Gasteiger partial charge in [-0.15, -0.1) is 0 Å². The van der Waals surface area contributed by atoms with Crippen LogP contribution in [0.3, 0.4) is 0 Å². The highest BCUT2D eigenvalue weighted by Gasteiger charge is 2.34. The van der Waals surface area contributed by atoms with Crippen molar-refractivity contribution in [2.75, 3.05) is 30.3 Å². The second kappa shape index (κ2) is 16.7. The Kier molecular flexibility index (Phi) is 11.6. The van der Waals surface area contributed by atoms with Crippen molar-refractivity contribution in [3.05, 3.63) is 120 Å². The van der Waals surface area contributed by atoms with E-state index in [0.717, 1.165) is 24.0 Å². The summed E-state index contributed by atoms with van der Waals surface area (Å²) in [6.45, 7) is 2.97. The van der Waals surface area contributed by atoms with Crippen LogP contribution in [0.25, 0.3) is 0 Å². The van der Waals surface area contributed by atoms with Gasteiger partial charge in [0, 0.05) is 13.1 Å². The van der Waals surface area contributed by atoms with Crippen LogP contribution in [0.5, 0.6) is 0 Å². The highest BCUT2D eigenvalue weighted by atomic mass is 16.2. The summed E-state index contributed by atoms with van der Waals surface area (Å²) in [4.78, 5) is 63.3. The van der Waals surface area contributed by atoms with E-state index in [4.69, 9.17) is 0 Å². The van der Waals surface area contributed by atoms with Gasteiger partial charge in [-0.3, -0.25) is 19.2 Å². The first-order valence-electron chi connectivity index (χ1n) is 16.1. The molecule has 1 saturated heterocycles. The van der Waals surface area contributed by atoms with Gasteiger partial charge < -0.3 is 20.4 Å². The molecule has 0 aliphatic carbocycles. The summed E-state index contributed by atoms with van der Waals surface area (Å²) in [5.41, 5.74) is 3.82. The van der Waals surface area contributed by atoms with Crippen LogP contribution in [0.15, 0.2) is 97.3 Å². The average molecular weight is 643 g/mol. The first-order chi connectivity index (χ1) is 23.4. The van der Waals surface area contributed by atoms with Gasteiger partial charge in [0.2, 0.25) is 23.6 Å². The molecule has 244 valence electrons. The Morgan fingerprint density at radius 3 is 1.94 bits per heavy atom. The van der Waals surface area contributed by atoms with Gasteiger partial charge >= 0.3 is 0 Å². The molecule has 1 aliphatic rings. The minimum absolute atomic E-state index is 0.0471. The quantitative estimate of drug-likeness (QED) is 0.233. The van der Waals surface area contributed by atoms with E-state index >= 15 is 0 Å². The molecule has 0 saturated carbocycles. The third-order valence-electron chi connectivity index (χ3n) is 7.85. The predicted molar refractivity (Wildman–Crippen MR) is 184 cm³/mol. The molecule has 5 rings (SSSR count). The highest BCUT2D eigenvalue weighted by molar-refractivity contribution is 5.97. The largest absolute Gasteiger partial charge is 0.333 e. The second-order valence-corrected chi connectivity index (χ2v) is 11.5. The van der Waals surface area contributed by atoms with Crippen molar-refractivity contribution >= 4 is 35.0 Å². The third kappa shape index (κ3) is 9.59. The summed E-state index contributed by atoms with van der Waals surface area (Å²) < 4.78 is 0. The molecule has 2 aromatic carbocycles. The Hall–Kier alpha value is -5.82. The molecule has 2 aromatic heterocycles. The van der Waals surface area contributed by atoms with Crippen LogP contribution >= 0.6 is 0 Å². The van der Waals surface area contributed by atoms with Crippen molar-refractivity contribution in [1.29, 1.82) is 0 Å². The normalized spacial score (nSPS) is 13.6. The summed E-state index contributed by atoms with van der Waals surface area (Å²) in [6.07, 6.45) is 5.69. The van der Waals surface area contributed by atoms with Gasteiger partial charge in [-0.2, -0.15) is 0 Å². The standard InChI is InChI=1S/C38H38N6O4/c1-2-21-43(36(46)23-28-10-5-3-6-11-28)27-35(45)41-32-19-17-30(39-25-32)15-16-31-18-20-33(26-40-31)42-38(48)34-14-9-22-44(34)37(47)24-29-12-7-4-8-13-29/h3-8,10-13,17-20,25-26,34H,2,9,14,21-24,27H2,1H3,(H,41,45)(H,42,48)/t34-/m0/s1. The molecule has 10 nitrogen and oxygen atoms in total. The topological polar surface area (TPSA) is 125 Å². The number of hydrogen-bond donors (Lipinski definition) is 2. The van der Waals surface area contributed by atoms with Gasteiger partial charge in [0.15, 0.2) is 0 Å². The number of pyridine rings is 2. The maximum Gasteiger partial charge on any atom is 0.247 e. The molecule has 0 spiro atoms. The molecular weight excluding hydrogens is 604 g/mol. The van der Waals surface area contributed by atoms with Crippen LogP contribution in [0, 0.1) is 11.8 Å². The fourth-order valence-electron chi connectivity index (χ4n) is 5.46. The number of benzene rings is 2. The van der Waals surface area contributed by atoms with Crippen LogP contribution in [0.1, 0.15) is 48.7 Å². The predicted octanol–water partition coefficient (Wildman–Crippen LogP) is 4.47. The lowest BCUT2D eigenvalue weighted by atomic mass is 10.1. The van der Waals surface area contributed by atoms with Gasteiger partial charge in [-0.25, -0.2) is 9.97 Å². The first kappa shape index (κ1) is 33.5. The number of nitrogens with zero attached hydrogens (tertiary/aromatic N) is 4. The van der Waals surface area contributed by atoms with Crippen molar-refractivity contribution in [2.45, 2.75) is 45.1 Å². The number of rotatable bonds is 11. The molecule has 1 aliphatic heterocycles. The average Bonchev–Trinajstić information content (AvgIpc) is 3.60. The maximum atomic E-state index is 13.0. The fraction of sp³-hybridized carbons (Fsp3) is 0.263. The van der Waals surface area contributed by atoms with E-state index in [0.29, 0.717) is 42.3 Å². The van der Waals surface area contributed by atoms with Gasteiger partial charge in [-0.1, -0.05) is 67.6 Å². The van der Waals surface area contributed by atoms with Crippen molar-refractivity contribution in [3.8, 4) is 11.8 Å². The van der Waals surface area contributed by atoms with E-state index in [9.17, 15) is 19.2 Å². The van der Waals surface area contributed by atoms with Crippen LogP contribution < -0.4 is 10.6 Å². The minimum Gasteiger partial charge on any atom is -0.333 e. The second-order valence-electron chi connectivity index (χ2n) is 11.5. The van der Waals surface area contributed by atoms with E-state index in [1.807, 2.05) is 67.6 Å². The Morgan fingerprint density at radius 2 is 1.38 bits per heavy atom. The van der Waals surface area contributed by atoms with Crippen LogP contribution in [0.4, 0.5) is 11.4 Å². The number of aromatic nitrogens is 2. The van der Waals surface area contributed by atoms with E-state index in [1.165, 1.54) is 12.4 Å². The summed E-state index contributed by atoms with van der Waals surface area (Å²) in [5, 5.41) is 5.68. The van der Waals surface area contributed by atoms with Crippen LogP contribution in [-0.4, -0.2) is 69.1 Å². The fourth-order valence-corrected chi connectivity index (χ4v) is 5.46. The molecule has 48 heavy (non-hydrogen) atoms. The highest BCUT2D eigenvalue weighted by Crippen LogP contribution is 2.21. The van der Waals surface area contributed by atoms with Gasteiger partial charge in [0.05, 0.1) is 43.2 Å². The SMILES string of the molecule is CCCN(CC(=O)Nc1ccc(C#Cc2ccc(NC(=O)[C@@H]3CCCN3C(=O)Cc3ccccc3)cn2)nc1)C(=O)Cc1ccccc1. The number of carbonyl (C=O) groups excluding carboxylic acids is 4. The van der Waals surface area contributed by atoms with Crippen LogP contribution in [0.2, 0.25) is 0 Å². The van der Waals surface area contributed by atoms with Crippen molar-refractivity contribution in [2.24, 2.45) is 0 Å². The van der Waals surface area contributed by atoms with Gasteiger partial charge in [-0.05, 0) is 66.5 Å². The lowest BCUT2D eigenvalue weighted by Crippen LogP contribution is -2.43. The molecule has 1 fully saturated rings. The number of anilines is 2. The summed E-state index contributed by atoms with van der Waals surface area (Å²) >= 11 is 0. The van der Waals surface area contributed by atoms with E-state index in [1.54, 1.807) is 34.1 Å². The Bertz CT molecular complexity index is 1770. The third-order valence-corrected chi connectivity index (χ3v) is 7.85. The number of likely N-dealkylation sites (tertiary alicyclic amines) is 1. The van der Waals surface area contributed by atoms with Gasteiger partial charge in [0.1, 0.15) is 17.4 Å². The Morgan fingerprint density at radius 1 is 0.792 bits per heavy atom. The lowest BCUT2D eigenvalue weighted by molar-refractivity contribution is -0.136. The zero-order chi connectivity index (χ0) is 33.7. The molecule has 2 N–H and O–H groups in total. The number of amides is 4. The number of nitrogens with one attached hydrogen (secondary N) is 2. The lowest BCUT2D eigenvalue weighted by Gasteiger charge is -2.24. The monoisotopic (exact) mass is 642 g/mol. The summed E-state index contributed by atoms with van der Waals surface area (Å²) in [5.74, 6) is 5.21. The van der Waals surface area contributed by atoms with Crippen LogP contribution in [-0.2, 0) is 32.0 Å². The molecule has 10 heteroatoms. The van der Waals surface area contributed by atoms with E-state index in [-0.39, 0.29) is 43.0 Å². The molecular formula is C38H38N6O4. The van der Waals surface area contributed by atoms with Crippen molar-refractivity contribution in [1.82, 2.24) is 19.8 Å².